The minimum Gasteiger partial charge on any atom is -0.408 e. The van der Waals surface area contributed by atoms with Crippen LogP contribution in [0.2, 0.25) is 0 Å². The van der Waals surface area contributed by atoms with Gasteiger partial charge in [-0.2, -0.15) is 0 Å². The number of nitrogens with zero attached hydrogens (tertiary/aromatic N) is 1. The molecule has 0 amide bonds. The summed E-state index contributed by atoms with van der Waals surface area (Å²) in [5.41, 5.74) is 2.17. The van der Waals surface area contributed by atoms with Crippen LogP contribution in [-0.2, 0) is 7.05 Å². The average Bonchev–Trinajstić information content (AvgIpc) is 2.74. The lowest BCUT2D eigenvalue weighted by Gasteiger charge is -2.24. The quantitative estimate of drug-likeness (QED) is 0.936. The van der Waals surface area contributed by atoms with Crippen LogP contribution in [0.25, 0.3) is 11.1 Å². The third-order valence-corrected chi connectivity index (χ3v) is 4.48. The summed E-state index contributed by atoms with van der Waals surface area (Å²) in [5.74, 6) is 0.260. The molecule has 1 fully saturated rings. The third-order valence-electron chi connectivity index (χ3n) is 4.48. The summed E-state index contributed by atoms with van der Waals surface area (Å²) < 4.78 is 6.65. The zero-order valence-corrected chi connectivity index (χ0v) is 11.8. The second kappa shape index (κ2) is 5.44. The SMILES string of the molecule is Cn1c(=O)oc2cc(C(O)CC3CCCCC3)ccc21. The first-order valence-electron chi connectivity index (χ1n) is 7.42. The first kappa shape index (κ1) is 13.4. The van der Waals surface area contributed by atoms with Crippen molar-refractivity contribution < 1.29 is 9.52 Å². The monoisotopic (exact) mass is 275 g/mol. The number of oxazole rings is 1. The van der Waals surface area contributed by atoms with E-state index in [0.717, 1.165) is 17.5 Å². The highest BCUT2D eigenvalue weighted by atomic mass is 16.4. The molecular weight excluding hydrogens is 254 g/mol. The molecule has 1 aliphatic rings. The minimum atomic E-state index is -0.465. The Hall–Kier alpha value is -1.55. The molecule has 1 saturated carbocycles. The third kappa shape index (κ3) is 2.52. The van der Waals surface area contributed by atoms with Gasteiger partial charge in [0.2, 0.25) is 0 Å². The van der Waals surface area contributed by atoms with Gasteiger partial charge in [0.25, 0.3) is 0 Å². The number of hydrogen-bond acceptors (Lipinski definition) is 3. The summed E-state index contributed by atoms with van der Waals surface area (Å²) in [5, 5.41) is 10.4. The lowest BCUT2D eigenvalue weighted by atomic mass is 9.84. The molecule has 2 aromatic rings. The van der Waals surface area contributed by atoms with Crippen molar-refractivity contribution in [3.63, 3.8) is 0 Å². The summed E-state index contributed by atoms with van der Waals surface area (Å²) >= 11 is 0. The number of aliphatic hydroxyl groups excluding tert-OH is 1. The Morgan fingerprint density at radius 2 is 2.10 bits per heavy atom. The number of aromatic nitrogens is 1. The van der Waals surface area contributed by atoms with Gasteiger partial charge in [-0.15, -0.1) is 0 Å². The number of hydrogen-bond donors (Lipinski definition) is 1. The van der Waals surface area contributed by atoms with Crippen LogP contribution in [0.15, 0.2) is 27.4 Å². The lowest BCUT2D eigenvalue weighted by molar-refractivity contribution is 0.131. The van der Waals surface area contributed by atoms with Crippen molar-refractivity contribution in [3.05, 3.63) is 34.3 Å². The highest BCUT2D eigenvalue weighted by molar-refractivity contribution is 5.73. The van der Waals surface area contributed by atoms with E-state index in [1.807, 2.05) is 12.1 Å². The predicted octanol–water partition coefficient (Wildman–Crippen LogP) is 3.14. The molecule has 1 N–H and O–H groups in total. The number of rotatable bonds is 3. The van der Waals surface area contributed by atoms with Crippen molar-refractivity contribution in [1.82, 2.24) is 4.57 Å². The molecule has 1 heterocycles. The normalized spacial score (nSPS) is 18.5. The second-order valence-electron chi connectivity index (χ2n) is 5.91. The Kier molecular flexibility index (Phi) is 3.66. The largest absolute Gasteiger partial charge is 0.419 e. The van der Waals surface area contributed by atoms with Gasteiger partial charge in [0, 0.05) is 7.05 Å². The molecule has 20 heavy (non-hydrogen) atoms. The summed E-state index contributed by atoms with van der Waals surface area (Å²) in [6.07, 6.45) is 6.68. The Bertz CT molecular complexity index is 649. The number of benzene rings is 1. The fourth-order valence-electron chi connectivity index (χ4n) is 3.23. The van der Waals surface area contributed by atoms with E-state index in [4.69, 9.17) is 4.42 Å². The van der Waals surface area contributed by atoms with E-state index in [2.05, 4.69) is 0 Å². The molecule has 1 atom stereocenters. The van der Waals surface area contributed by atoms with E-state index in [1.165, 1.54) is 36.7 Å². The summed E-state index contributed by atoms with van der Waals surface area (Å²) in [6, 6.07) is 5.54. The zero-order chi connectivity index (χ0) is 14.1. The molecule has 0 spiro atoms. The average molecular weight is 275 g/mol. The maximum absolute atomic E-state index is 11.5. The first-order chi connectivity index (χ1) is 9.65. The van der Waals surface area contributed by atoms with Crippen molar-refractivity contribution in [2.45, 2.75) is 44.6 Å². The van der Waals surface area contributed by atoms with Crippen LogP contribution in [-0.4, -0.2) is 9.67 Å². The van der Waals surface area contributed by atoms with Crippen molar-refractivity contribution in [2.24, 2.45) is 13.0 Å². The van der Waals surface area contributed by atoms with Gasteiger partial charge < -0.3 is 9.52 Å². The van der Waals surface area contributed by atoms with Gasteiger partial charge in [-0.3, -0.25) is 4.57 Å². The lowest BCUT2D eigenvalue weighted by Crippen LogP contribution is -2.11. The topological polar surface area (TPSA) is 55.4 Å². The van der Waals surface area contributed by atoms with Gasteiger partial charge in [0.1, 0.15) is 0 Å². The molecular formula is C16H21NO3. The predicted molar refractivity (Wildman–Crippen MR) is 77.6 cm³/mol. The van der Waals surface area contributed by atoms with Gasteiger partial charge >= 0.3 is 5.76 Å². The van der Waals surface area contributed by atoms with E-state index < -0.39 is 6.10 Å². The Labute approximate surface area is 118 Å². The Morgan fingerprint density at radius 1 is 1.35 bits per heavy atom. The van der Waals surface area contributed by atoms with Crippen LogP contribution in [0.1, 0.15) is 50.2 Å². The summed E-state index contributed by atoms with van der Waals surface area (Å²) in [7, 11) is 1.69. The smallest absolute Gasteiger partial charge is 0.408 e. The maximum Gasteiger partial charge on any atom is 0.419 e. The van der Waals surface area contributed by atoms with Crippen molar-refractivity contribution in [2.75, 3.05) is 0 Å². The van der Waals surface area contributed by atoms with E-state index >= 15 is 0 Å². The fraction of sp³-hybridized carbons (Fsp3) is 0.562. The Morgan fingerprint density at radius 3 is 2.85 bits per heavy atom. The van der Waals surface area contributed by atoms with E-state index in [1.54, 1.807) is 13.1 Å². The van der Waals surface area contributed by atoms with Gasteiger partial charge in [-0.05, 0) is 30.0 Å². The van der Waals surface area contributed by atoms with Gasteiger partial charge in [0.15, 0.2) is 5.58 Å². The molecule has 108 valence electrons. The molecule has 0 saturated heterocycles. The van der Waals surface area contributed by atoms with E-state index in [-0.39, 0.29) is 5.76 Å². The summed E-state index contributed by atoms with van der Waals surface area (Å²) in [6.45, 7) is 0. The molecule has 1 unspecified atom stereocenters. The van der Waals surface area contributed by atoms with Crippen LogP contribution < -0.4 is 5.76 Å². The van der Waals surface area contributed by atoms with Crippen molar-refractivity contribution >= 4 is 11.1 Å². The van der Waals surface area contributed by atoms with Crippen molar-refractivity contribution in [3.8, 4) is 0 Å². The second-order valence-corrected chi connectivity index (χ2v) is 5.91. The van der Waals surface area contributed by atoms with Crippen LogP contribution in [0, 0.1) is 5.92 Å². The molecule has 0 radical (unpaired) electrons. The molecule has 1 aromatic carbocycles. The highest BCUT2D eigenvalue weighted by Crippen LogP contribution is 2.32. The molecule has 0 aliphatic heterocycles. The van der Waals surface area contributed by atoms with Crippen LogP contribution in [0.5, 0.6) is 0 Å². The molecule has 4 heteroatoms. The van der Waals surface area contributed by atoms with Crippen molar-refractivity contribution in [1.29, 1.82) is 0 Å². The number of aryl methyl sites for hydroxylation is 1. The number of fused-ring (bicyclic) bond motifs is 1. The molecule has 3 rings (SSSR count). The van der Waals surface area contributed by atoms with Crippen LogP contribution >= 0.6 is 0 Å². The molecule has 0 bridgehead atoms. The molecule has 1 aromatic heterocycles. The van der Waals surface area contributed by atoms with Crippen LogP contribution in [0.3, 0.4) is 0 Å². The summed E-state index contributed by atoms with van der Waals surface area (Å²) in [4.78, 5) is 11.5. The van der Waals surface area contributed by atoms with E-state index in [9.17, 15) is 9.90 Å². The van der Waals surface area contributed by atoms with E-state index in [0.29, 0.717) is 11.5 Å². The zero-order valence-electron chi connectivity index (χ0n) is 11.8. The van der Waals surface area contributed by atoms with Gasteiger partial charge in [-0.25, -0.2) is 4.79 Å². The molecule has 4 nitrogen and oxygen atoms in total. The van der Waals surface area contributed by atoms with Gasteiger partial charge in [-0.1, -0.05) is 38.2 Å². The fourth-order valence-corrected chi connectivity index (χ4v) is 3.23. The molecule has 1 aliphatic carbocycles. The number of aliphatic hydroxyl groups is 1. The Balaban J connectivity index is 1.80. The van der Waals surface area contributed by atoms with Crippen LogP contribution in [0.4, 0.5) is 0 Å². The van der Waals surface area contributed by atoms with Gasteiger partial charge in [0.05, 0.1) is 11.6 Å². The minimum absolute atomic E-state index is 0.362. The maximum atomic E-state index is 11.5. The first-order valence-corrected chi connectivity index (χ1v) is 7.42. The highest BCUT2D eigenvalue weighted by Gasteiger charge is 2.19. The standard InChI is InChI=1S/C16H21NO3/c1-17-13-8-7-12(10-15(13)20-16(17)19)14(18)9-11-5-3-2-4-6-11/h7-8,10-11,14,18H,2-6,9H2,1H3.